The number of benzene rings is 1. The number of aliphatic hydroxyl groups excluding tert-OH is 1. The van der Waals surface area contributed by atoms with E-state index in [4.69, 9.17) is 0 Å². The van der Waals surface area contributed by atoms with Crippen LogP contribution in [0.1, 0.15) is 18.9 Å². The number of aromatic nitrogens is 2. The molecule has 0 saturated heterocycles. The van der Waals surface area contributed by atoms with E-state index in [-0.39, 0.29) is 6.10 Å². The number of aryl methyl sites for hydroxylation is 1. The maximum Gasteiger partial charge on any atom is 0.0991 e. The molecule has 2 aromatic rings. The van der Waals surface area contributed by atoms with Crippen LogP contribution in [0.15, 0.2) is 43.0 Å². The Balaban J connectivity index is 2.05. The molecule has 0 aliphatic rings. The fraction of sp³-hybridized carbons (Fsp3) is 0.308. The molecule has 1 unspecified atom stereocenters. The van der Waals surface area contributed by atoms with Crippen LogP contribution in [0.2, 0.25) is 0 Å². The molecule has 0 spiro atoms. The van der Waals surface area contributed by atoms with Crippen LogP contribution in [-0.4, -0.2) is 20.8 Å². The summed E-state index contributed by atoms with van der Waals surface area (Å²) >= 11 is 0. The van der Waals surface area contributed by atoms with E-state index in [1.54, 1.807) is 12.5 Å². The highest BCUT2D eigenvalue weighted by molar-refractivity contribution is 5.34. The van der Waals surface area contributed by atoms with Crippen molar-refractivity contribution in [3.05, 3.63) is 48.5 Å². The molecule has 3 nitrogen and oxygen atoms in total. The van der Waals surface area contributed by atoms with Crippen molar-refractivity contribution >= 4 is 0 Å². The molecule has 0 radical (unpaired) electrons. The van der Waals surface area contributed by atoms with Crippen molar-refractivity contribution in [2.24, 2.45) is 0 Å². The van der Waals surface area contributed by atoms with Gasteiger partial charge in [-0.05, 0) is 37.5 Å². The maximum atomic E-state index is 9.21. The SMILES string of the molecule is CC(O)CCc1ccc(-n2ccnc2)cc1. The standard InChI is InChI=1S/C13H16N2O/c1-11(16)2-3-12-4-6-13(7-5-12)15-9-8-14-10-15/h4-11,16H,2-3H2,1H3. The van der Waals surface area contributed by atoms with Gasteiger partial charge in [-0.2, -0.15) is 0 Å². The van der Waals surface area contributed by atoms with E-state index in [0.717, 1.165) is 18.5 Å². The Labute approximate surface area is 95.4 Å². The van der Waals surface area contributed by atoms with Crippen molar-refractivity contribution in [3.8, 4) is 5.69 Å². The summed E-state index contributed by atoms with van der Waals surface area (Å²) in [4.78, 5) is 4.01. The van der Waals surface area contributed by atoms with E-state index in [9.17, 15) is 5.11 Å². The van der Waals surface area contributed by atoms with Crippen LogP contribution in [0.4, 0.5) is 0 Å². The van der Waals surface area contributed by atoms with Gasteiger partial charge < -0.3 is 9.67 Å². The van der Waals surface area contributed by atoms with Gasteiger partial charge in [-0.15, -0.1) is 0 Å². The third-order valence-corrected chi connectivity index (χ3v) is 2.59. The summed E-state index contributed by atoms with van der Waals surface area (Å²) in [6, 6.07) is 8.33. The summed E-state index contributed by atoms with van der Waals surface area (Å²) in [5.41, 5.74) is 2.36. The molecule has 1 N–H and O–H groups in total. The quantitative estimate of drug-likeness (QED) is 0.850. The van der Waals surface area contributed by atoms with Gasteiger partial charge in [0.05, 0.1) is 12.4 Å². The zero-order valence-electron chi connectivity index (χ0n) is 9.37. The van der Waals surface area contributed by atoms with Gasteiger partial charge in [-0.1, -0.05) is 12.1 Å². The van der Waals surface area contributed by atoms with Crippen LogP contribution in [-0.2, 0) is 6.42 Å². The summed E-state index contributed by atoms with van der Waals surface area (Å²) in [6.45, 7) is 1.82. The second-order valence-electron chi connectivity index (χ2n) is 4.02. The van der Waals surface area contributed by atoms with Crippen molar-refractivity contribution in [1.29, 1.82) is 0 Å². The maximum absolute atomic E-state index is 9.21. The van der Waals surface area contributed by atoms with Crippen LogP contribution in [0.3, 0.4) is 0 Å². The molecule has 0 fully saturated rings. The van der Waals surface area contributed by atoms with Crippen molar-refractivity contribution in [3.63, 3.8) is 0 Å². The molecule has 3 heteroatoms. The minimum absolute atomic E-state index is 0.228. The summed E-state index contributed by atoms with van der Waals surface area (Å²) in [5.74, 6) is 0. The lowest BCUT2D eigenvalue weighted by Gasteiger charge is -2.06. The van der Waals surface area contributed by atoms with Crippen LogP contribution >= 0.6 is 0 Å². The predicted molar refractivity (Wildman–Crippen MR) is 63.6 cm³/mol. The highest BCUT2D eigenvalue weighted by Gasteiger charge is 1.99. The fourth-order valence-electron chi connectivity index (χ4n) is 1.62. The van der Waals surface area contributed by atoms with Crippen molar-refractivity contribution in [2.45, 2.75) is 25.9 Å². The monoisotopic (exact) mass is 216 g/mol. The number of aliphatic hydroxyl groups is 1. The lowest BCUT2D eigenvalue weighted by atomic mass is 10.1. The minimum Gasteiger partial charge on any atom is -0.393 e. The second-order valence-corrected chi connectivity index (χ2v) is 4.02. The number of hydrogen-bond acceptors (Lipinski definition) is 2. The Bertz CT molecular complexity index is 418. The molecular weight excluding hydrogens is 200 g/mol. The molecule has 0 bridgehead atoms. The Morgan fingerprint density at radius 1 is 1.31 bits per heavy atom. The highest BCUT2D eigenvalue weighted by Crippen LogP contribution is 2.11. The lowest BCUT2D eigenvalue weighted by Crippen LogP contribution is -2.01. The van der Waals surface area contributed by atoms with Gasteiger partial charge in [0.25, 0.3) is 0 Å². The van der Waals surface area contributed by atoms with E-state index in [1.165, 1.54) is 5.56 Å². The third-order valence-electron chi connectivity index (χ3n) is 2.59. The fourth-order valence-corrected chi connectivity index (χ4v) is 1.62. The molecule has 0 saturated carbocycles. The topological polar surface area (TPSA) is 38.0 Å². The smallest absolute Gasteiger partial charge is 0.0991 e. The summed E-state index contributed by atoms with van der Waals surface area (Å²) in [5, 5.41) is 9.21. The van der Waals surface area contributed by atoms with Gasteiger partial charge in [-0.25, -0.2) is 4.98 Å². The number of rotatable bonds is 4. The first-order valence-corrected chi connectivity index (χ1v) is 5.51. The Morgan fingerprint density at radius 3 is 2.62 bits per heavy atom. The van der Waals surface area contributed by atoms with Crippen LogP contribution in [0.5, 0.6) is 0 Å². The molecule has 1 atom stereocenters. The van der Waals surface area contributed by atoms with Crippen LogP contribution in [0.25, 0.3) is 5.69 Å². The van der Waals surface area contributed by atoms with E-state index in [0.29, 0.717) is 0 Å². The van der Waals surface area contributed by atoms with E-state index in [1.807, 2.05) is 17.7 Å². The van der Waals surface area contributed by atoms with E-state index < -0.39 is 0 Å². The van der Waals surface area contributed by atoms with E-state index in [2.05, 4.69) is 29.2 Å². The number of imidazole rings is 1. The third kappa shape index (κ3) is 2.70. The second kappa shape index (κ2) is 4.94. The first-order chi connectivity index (χ1) is 7.75. The van der Waals surface area contributed by atoms with Crippen LogP contribution < -0.4 is 0 Å². The zero-order valence-corrected chi connectivity index (χ0v) is 9.37. The van der Waals surface area contributed by atoms with Gasteiger partial charge in [0.2, 0.25) is 0 Å². The largest absolute Gasteiger partial charge is 0.393 e. The Kier molecular flexibility index (Phi) is 3.37. The number of hydrogen-bond donors (Lipinski definition) is 1. The average Bonchev–Trinajstić information content (AvgIpc) is 2.80. The predicted octanol–water partition coefficient (Wildman–Crippen LogP) is 2.19. The lowest BCUT2D eigenvalue weighted by molar-refractivity contribution is 0.185. The van der Waals surface area contributed by atoms with Gasteiger partial charge in [-0.3, -0.25) is 0 Å². The molecule has 1 aromatic carbocycles. The summed E-state index contributed by atoms with van der Waals surface area (Å²) in [7, 11) is 0. The molecule has 0 aliphatic carbocycles. The van der Waals surface area contributed by atoms with Gasteiger partial charge in [0, 0.05) is 18.1 Å². The van der Waals surface area contributed by atoms with Crippen molar-refractivity contribution < 1.29 is 5.11 Å². The van der Waals surface area contributed by atoms with Crippen molar-refractivity contribution in [1.82, 2.24) is 9.55 Å². The number of nitrogens with zero attached hydrogens (tertiary/aromatic N) is 2. The first kappa shape index (κ1) is 10.9. The summed E-state index contributed by atoms with van der Waals surface area (Å²) in [6.07, 6.45) is 6.97. The molecule has 0 amide bonds. The van der Waals surface area contributed by atoms with Gasteiger partial charge in [0.1, 0.15) is 0 Å². The Hall–Kier alpha value is -1.61. The van der Waals surface area contributed by atoms with E-state index >= 15 is 0 Å². The van der Waals surface area contributed by atoms with Crippen LogP contribution in [0, 0.1) is 0 Å². The zero-order chi connectivity index (χ0) is 11.4. The molecular formula is C13H16N2O. The first-order valence-electron chi connectivity index (χ1n) is 5.51. The van der Waals surface area contributed by atoms with Gasteiger partial charge >= 0.3 is 0 Å². The molecule has 16 heavy (non-hydrogen) atoms. The van der Waals surface area contributed by atoms with Gasteiger partial charge in [0.15, 0.2) is 0 Å². The highest BCUT2D eigenvalue weighted by atomic mass is 16.3. The molecule has 2 rings (SSSR count). The Morgan fingerprint density at radius 2 is 2.06 bits per heavy atom. The minimum atomic E-state index is -0.228. The summed E-state index contributed by atoms with van der Waals surface area (Å²) < 4.78 is 1.97. The molecule has 1 aromatic heterocycles. The molecule has 1 heterocycles. The molecule has 0 aliphatic heterocycles. The molecule has 84 valence electrons. The average molecular weight is 216 g/mol. The normalized spacial score (nSPS) is 12.6. The van der Waals surface area contributed by atoms with Crippen molar-refractivity contribution in [2.75, 3.05) is 0 Å².